The third-order valence-electron chi connectivity index (χ3n) is 2.39. The summed E-state index contributed by atoms with van der Waals surface area (Å²) in [6.45, 7) is 1.89. The molecule has 0 fully saturated rings. The van der Waals surface area contributed by atoms with Crippen molar-refractivity contribution in [3.05, 3.63) is 39.2 Å². The molecule has 0 amide bonds. The number of nitrogens with zero attached hydrogens (tertiary/aromatic N) is 4. The van der Waals surface area contributed by atoms with Gasteiger partial charge in [-0.15, -0.1) is 10.2 Å². The van der Waals surface area contributed by atoms with Gasteiger partial charge in [-0.25, -0.2) is 4.68 Å². The van der Waals surface area contributed by atoms with Crippen LogP contribution in [0.4, 0.5) is 5.69 Å². The van der Waals surface area contributed by atoms with Crippen molar-refractivity contribution in [3.63, 3.8) is 0 Å². The van der Waals surface area contributed by atoms with Crippen LogP contribution >= 0.6 is 23.4 Å². The van der Waals surface area contributed by atoms with Gasteiger partial charge in [-0.05, 0) is 17.8 Å². The normalized spacial score (nSPS) is 10.6. The molecule has 0 bridgehead atoms. The van der Waals surface area contributed by atoms with Gasteiger partial charge in [-0.1, -0.05) is 24.6 Å². The van der Waals surface area contributed by atoms with Gasteiger partial charge in [0.2, 0.25) is 5.16 Å². The summed E-state index contributed by atoms with van der Waals surface area (Å²) in [5.74, 6) is 6.39. The Morgan fingerprint density at radius 2 is 2.26 bits per heavy atom. The van der Waals surface area contributed by atoms with Crippen molar-refractivity contribution in [2.24, 2.45) is 0 Å². The van der Waals surface area contributed by atoms with Crippen LogP contribution in [0.15, 0.2) is 28.3 Å². The Bertz CT molecular complexity index is 630. The van der Waals surface area contributed by atoms with Crippen molar-refractivity contribution in [1.82, 2.24) is 14.9 Å². The molecule has 0 radical (unpaired) electrons. The lowest BCUT2D eigenvalue weighted by molar-refractivity contribution is -0.387. The van der Waals surface area contributed by atoms with Gasteiger partial charge >= 0.3 is 0 Å². The second-order valence-electron chi connectivity index (χ2n) is 3.57. The van der Waals surface area contributed by atoms with Gasteiger partial charge in [0.15, 0.2) is 5.82 Å². The Morgan fingerprint density at radius 3 is 2.84 bits per heavy atom. The molecule has 100 valence electrons. The Balaban J connectivity index is 2.43. The van der Waals surface area contributed by atoms with Crippen molar-refractivity contribution in [2.75, 3.05) is 5.84 Å². The average Bonchev–Trinajstić information content (AvgIpc) is 2.72. The molecule has 2 aromatic rings. The highest BCUT2D eigenvalue weighted by Gasteiger charge is 2.20. The number of rotatable bonds is 4. The van der Waals surface area contributed by atoms with E-state index in [1.807, 2.05) is 6.92 Å². The molecule has 0 saturated carbocycles. The van der Waals surface area contributed by atoms with Crippen LogP contribution in [-0.2, 0) is 6.42 Å². The monoisotopic (exact) mass is 299 g/mol. The van der Waals surface area contributed by atoms with E-state index in [4.69, 9.17) is 17.4 Å². The van der Waals surface area contributed by atoms with Crippen LogP contribution in [0.25, 0.3) is 0 Å². The fourth-order valence-corrected chi connectivity index (χ4v) is 2.62. The van der Waals surface area contributed by atoms with E-state index >= 15 is 0 Å². The highest BCUT2D eigenvalue weighted by molar-refractivity contribution is 7.99. The zero-order valence-electron chi connectivity index (χ0n) is 9.91. The van der Waals surface area contributed by atoms with Crippen LogP contribution in [0.5, 0.6) is 0 Å². The zero-order chi connectivity index (χ0) is 14.0. The van der Waals surface area contributed by atoms with Crippen molar-refractivity contribution >= 4 is 29.1 Å². The minimum atomic E-state index is -0.494. The molecular formula is C10H10ClN5O2S. The summed E-state index contributed by atoms with van der Waals surface area (Å²) in [5.41, 5.74) is -0.0847. The van der Waals surface area contributed by atoms with Crippen LogP contribution in [-0.4, -0.2) is 19.8 Å². The van der Waals surface area contributed by atoms with Crippen molar-refractivity contribution < 1.29 is 4.92 Å². The van der Waals surface area contributed by atoms with Gasteiger partial charge in [-0.3, -0.25) is 10.1 Å². The van der Waals surface area contributed by atoms with Crippen LogP contribution in [0.3, 0.4) is 0 Å². The summed E-state index contributed by atoms with van der Waals surface area (Å²) in [5, 5.41) is 19.4. The number of halogens is 1. The van der Waals surface area contributed by atoms with Gasteiger partial charge in [0.05, 0.1) is 9.95 Å². The molecule has 2 rings (SSSR count). The summed E-state index contributed by atoms with van der Waals surface area (Å²) in [6, 6.07) is 4.48. The number of aromatic nitrogens is 3. The summed E-state index contributed by atoms with van der Waals surface area (Å²) in [7, 11) is 0. The van der Waals surface area contributed by atoms with E-state index < -0.39 is 4.92 Å². The van der Waals surface area contributed by atoms with E-state index in [1.54, 1.807) is 6.07 Å². The fraction of sp³-hybridized carbons (Fsp3) is 0.200. The average molecular weight is 300 g/mol. The quantitative estimate of drug-likeness (QED) is 0.528. The van der Waals surface area contributed by atoms with Gasteiger partial charge in [-0.2, -0.15) is 0 Å². The number of nitro groups is 1. The standard InChI is InChI=1S/C10H10ClN5O2S/c1-2-8-13-14-10(15(8)12)19-9-6(11)4-3-5-7(9)16(17)18/h3-5H,2,12H2,1H3. The number of aryl methyl sites for hydroxylation is 1. The molecule has 0 unspecified atom stereocenters. The lowest BCUT2D eigenvalue weighted by Gasteiger charge is -2.04. The van der Waals surface area contributed by atoms with E-state index in [2.05, 4.69) is 10.2 Å². The van der Waals surface area contributed by atoms with Crippen LogP contribution in [0.2, 0.25) is 5.02 Å². The van der Waals surface area contributed by atoms with E-state index in [1.165, 1.54) is 16.8 Å². The second-order valence-corrected chi connectivity index (χ2v) is 4.95. The Morgan fingerprint density at radius 1 is 1.53 bits per heavy atom. The number of nitrogens with two attached hydrogens (primary N) is 1. The molecular weight excluding hydrogens is 290 g/mol. The van der Waals surface area contributed by atoms with Gasteiger partial charge in [0.1, 0.15) is 4.90 Å². The first kappa shape index (κ1) is 13.6. The maximum Gasteiger partial charge on any atom is 0.284 e. The van der Waals surface area contributed by atoms with Crippen molar-refractivity contribution in [2.45, 2.75) is 23.4 Å². The molecule has 0 aliphatic carbocycles. The summed E-state index contributed by atoms with van der Waals surface area (Å²) < 4.78 is 1.30. The van der Waals surface area contributed by atoms with Crippen LogP contribution in [0, 0.1) is 10.1 Å². The highest BCUT2D eigenvalue weighted by atomic mass is 35.5. The molecule has 0 aliphatic heterocycles. The molecule has 7 nitrogen and oxygen atoms in total. The number of benzene rings is 1. The van der Waals surface area contributed by atoms with E-state index in [0.717, 1.165) is 11.8 Å². The number of hydrogen-bond acceptors (Lipinski definition) is 6. The molecule has 19 heavy (non-hydrogen) atoms. The fourth-order valence-electron chi connectivity index (χ4n) is 1.45. The van der Waals surface area contributed by atoms with Gasteiger partial charge < -0.3 is 5.84 Å². The van der Waals surface area contributed by atoms with E-state index in [0.29, 0.717) is 22.3 Å². The predicted octanol–water partition coefficient (Wildman–Crippen LogP) is 2.27. The van der Waals surface area contributed by atoms with Crippen molar-refractivity contribution in [3.8, 4) is 0 Å². The molecule has 0 spiro atoms. The number of nitro benzene ring substituents is 1. The molecule has 9 heteroatoms. The third kappa shape index (κ3) is 2.64. The van der Waals surface area contributed by atoms with E-state index in [9.17, 15) is 10.1 Å². The van der Waals surface area contributed by atoms with Gasteiger partial charge in [0.25, 0.3) is 5.69 Å². The highest BCUT2D eigenvalue weighted by Crippen LogP contribution is 2.38. The third-order valence-corrected chi connectivity index (χ3v) is 3.91. The van der Waals surface area contributed by atoms with Gasteiger partial charge in [0, 0.05) is 12.5 Å². The minimum Gasteiger partial charge on any atom is -0.336 e. The minimum absolute atomic E-state index is 0.0847. The van der Waals surface area contributed by atoms with Crippen molar-refractivity contribution in [1.29, 1.82) is 0 Å². The smallest absolute Gasteiger partial charge is 0.284 e. The lowest BCUT2D eigenvalue weighted by Crippen LogP contribution is -2.13. The molecule has 0 saturated heterocycles. The second kappa shape index (κ2) is 5.45. The first-order valence-corrected chi connectivity index (χ1v) is 6.54. The molecule has 1 heterocycles. The number of nitrogen functional groups attached to an aromatic ring is 1. The molecule has 1 aromatic carbocycles. The summed E-state index contributed by atoms with van der Waals surface area (Å²) in [6.07, 6.45) is 0.620. The first-order chi connectivity index (χ1) is 9.04. The van der Waals surface area contributed by atoms with Crippen LogP contribution in [0.1, 0.15) is 12.7 Å². The lowest BCUT2D eigenvalue weighted by atomic mass is 10.3. The molecule has 0 atom stereocenters. The summed E-state index contributed by atoms with van der Waals surface area (Å²) >= 11 is 7.02. The first-order valence-electron chi connectivity index (χ1n) is 5.34. The maximum atomic E-state index is 11.0. The van der Waals surface area contributed by atoms with E-state index in [-0.39, 0.29) is 10.7 Å². The predicted molar refractivity (Wildman–Crippen MR) is 71.8 cm³/mol. The SMILES string of the molecule is CCc1nnc(Sc2c(Cl)cccc2[N+](=O)[O-])n1N. The Kier molecular flexibility index (Phi) is 3.91. The molecule has 1 aromatic heterocycles. The largest absolute Gasteiger partial charge is 0.336 e. The zero-order valence-corrected chi connectivity index (χ0v) is 11.5. The topological polar surface area (TPSA) is 99.9 Å². The van der Waals surface area contributed by atoms with Crippen LogP contribution < -0.4 is 5.84 Å². The number of hydrogen-bond donors (Lipinski definition) is 1. The Hall–Kier alpha value is -1.80. The molecule has 2 N–H and O–H groups in total. The summed E-state index contributed by atoms with van der Waals surface area (Å²) in [4.78, 5) is 10.8. The Labute approximate surface area is 117 Å². The maximum absolute atomic E-state index is 11.0. The molecule has 0 aliphatic rings.